The van der Waals surface area contributed by atoms with Crippen LogP contribution in [0.2, 0.25) is 0 Å². The van der Waals surface area contributed by atoms with Crippen LogP contribution in [0, 0.1) is 17.8 Å². The molecule has 0 spiro atoms. The highest BCUT2D eigenvalue weighted by atomic mass is 16.5. The molecule has 0 radical (unpaired) electrons. The molecule has 0 unspecified atom stereocenters. The first-order valence-electron chi connectivity index (χ1n) is 11.4. The molecule has 1 aromatic rings. The molecule has 31 heavy (non-hydrogen) atoms. The first-order valence-corrected chi connectivity index (χ1v) is 11.4. The molecular formula is C24H33N3O4. The summed E-state index contributed by atoms with van der Waals surface area (Å²) < 4.78 is 5.25. The van der Waals surface area contributed by atoms with Gasteiger partial charge in [0.1, 0.15) is 0 Å². The van der Waals surface area contributed by atoms with Gasteiger partial charge in [-0.05, 0) is 87.8 Å². The van der Waals surface area contributed by atoms with Crippen molar-refractivity contribution in [2.45, 2.75) is 70.5 Å². The van der Waals surface area contributed by atoms with E-state index in [1.807, 2.05) is 13.8 Å². The highest BCUT2D eigenvalue weighted by Gasteiger charge is 2.51. The van der Waals surface area contributed by atoms with E-state index < -0.39 is 5.97 Å². The van der Waals surface area contributed by atoms with Crippen LogP contribution >= 0.6 is 0 Å². The van der Waals surface area contributed by atoms with Gasteiger partial charge in [0, 0.05) is 18.1 Å². The highest BCUT2D eigenvalue weighted by molar-refractivity contribution is 5.91. The molecule has 0 heterocycles. The minimum Gasteiger partial charge on any atom is -0.452 e. The van der Waals surface area contributed by atoms with Gasteiger partial charge in [0.2, 0.25) is 0 Å². The Hall–Kier alpha value is -2.57. The molecule has 7 nitrogen and oxygen atoms in total. The Morgan fingerprint density at radius 2 is 1.58 bits per heavy atom. The van der Waals surface area contributed by atoms with E-state index in [1.165, 1.54) is 19.3 Å². The van der Waals surface area contributed by atoms with Crippen molar-refractivity contribution in [3.8, 4) is 0 Å². The zero-order valence-corrected chi connectivity index (χ0v) is 18.4. The maximum atomic E-state index is 12.5. The van der Waals surface area contributed by atoms with Crippen molar-refractivity contribution in [1.29, 1.82) is 0 Å². The Morgan fingerprint density at radius 3 is 2.13 bits per heavy atom. The molecule has 4 bridgehead atoms. The smallest absolute Gasteiger partial charge is 0.338 e. The van der Waals surface area contributed by atoms with Crippen molar-refractivity contribution in [2.75, 3.05) is 6.61 Å². The number of amides is 3. The lowest BCUT2D eigenvalue weighted by Crippen LogP contribution is -2.60. The Labute approximate surface area is 183 Å². The molecule has 0 atom stereocenters. The van der Waals surface area contributed by atoms with Crippen molar-refractivity contribution >= 4 is 17.9 Å². The number of hydrogen-bond acceptors (Lipinski definition) is 4. The van der Waals surface area contributed by atoms with E-state index in [9.17, 15) is 14.4 Å². The Morgan fingerprint density at radius 1 is 1.00 bits per heavy atom. The van der Waals surface area contributed by atoms with E-state index in [0.717, 1.165) is 42.6 Å². The average molecular weight is 428 g/mol. The summed E-state index contributed by atoms with van der Waals surface area (Å²) in [6, 6.07) is 6.66. The fourth-order valence-electron chi connectivity index (χ4n) is 6.06. The average Bonchev–Trinajstić information content (AvgIpc) is 2.69. The van der Waals surface area contributed by atoms with Gasteiger partial charge in [-0.2, -0.15) is 0 Å². The van der Waals surface area contributed by atoms with E-state index in [-0.39, 0.29) is 30.1 Å². The number of benzene rings is 1. The first-order chi connectivity index (χ1) is 14.8. The van der Waals surface area contributed by atoms with E-state index in [4.69, 9.17) is 4.74 Å². The molecule has 7 heteroatoms. The number of carbonyl (C=O) groups excluding carboxylic acids is 3. The molecule has 4 aliphatic rings. The molecule has 168 valence electrons. The molecule has 3 amide bonds. The number of nitrogens with one attached hydrogen (secondary N) is 3. The number of rotatable bonds is 7. The van der Waals surface area contributed by atoms with Crippen LogP contribution in [0.4, 0.5) is 4.79 Å². The lowest BCUT2D eigenvalue weighted by atomic mass is 9.53. The third kappa shape index (κ3) is 5.38. The number of hydrogen-bond donors (Lipinski definition) is 3. The van der Waals surface area contributed by atoms with Crippen LogP contribution in [0.5, 0.6) is 0 Å². The maximum absolute atomic E-state index is 12.5. The lowest BCUT2D eigenvalue weighted by molar-refractivity contribution is -0.130. The summed E-state index contributed by atoms with van der Waals surface area (Å²) in [4.78, 5) is 36.5. The van der Waals surface area contributed by atoms with Crippen molar-refractivity contribution in [1.82, 2.24) is 16.0 Å². The molecule has 5 rings (SSSR count). The number of ether oxygens (including phenoxy) is 1. The van der Waals surface area contributed by atoms with Crippen LogP contribution in [0.3, 0.4) is 0 Å². The van der Waals surface area contributed by atoms with Crippen LogP contribution in [-0.4, -0.2) is 36.1 Å². The Balaban J connectivity index is 1.22. The molecule has 0 saturated heterocycles. The number of urea groups is 1. The highest BCUT2D eigenvalue weighted by Crippen LogP contribution is 2.55. The summed E-state index contributed by atoms with van der Waals surface area (Å²) in [5.74, 6) is 1.53. The first kappa shape index (κ1) is 21.7. The Bertz CT molecular complexity index is 798. The third-order valence-electron chi connectivity index (χ3n) is 6.84. The van der Waals surface area contributed by atoms with Crippen LogP contribution in [0.1, 0.15) is 68.3 Å². The topological polar surface area (TPSA) is 96.5 Å². The van der Waals surface area contributed by atoms with E-state index >= 15 is 0 Å². The summed E-state index contributed by atoms with van der Waals surface area (Å²) >= 11 is 0. The second-order valence-electron chi connectivity index (χ2n) is 10.0. The molecule has 3 N–H and O–H groups in total. The molecule has 0 aromatic heterocycles. The molecule has 4 fully saturated rings. The van der Waals surface area contributed by atoms with Gasteiger partial charge >= 0.3 is 12.0 Å². The summed E-state index contributed by atoms with van der Waals surface area (Å²) in [7, 11) is 0. The molecule has 0 aliphatic heterocycles. The van der Waals surface area contributed by atoms with E-state index in [1.54, 1.807) is 24.3 Å². The van der Waals surface area contributed by atoms with Gasteiger partial charge in [-0.15, -0.1) is 0 Å². The van der Waals surface area contributed by atoms with Crippen LogP contribution in [0.25, 0.3) is 0 Å². The van der Waals surface area contributed by atoms with E-state index in [2.05, 4.69) is 16.0 Å². The summed E-state index contributed by atoms with van der Waals surface area (Å²) in [5, 5.41) is 8.74. The minimum atomic E-state index is -0.516. The van der Waals surface area contributed by atoms with Gasteiger partial charge in [0.15, 0.2) is 6.61 Å². The predicted molar refractivity (Wildman–Crippen MR) is 116 cm³/mol. The van der Waals surface area contributed by atoms with Crippen molar-refractivity contribution in [3.63, 3.8) is 0 Å². The van der Waals surface area contributed by atoms with E-state index in [0.29, 0.717) is 12.1 Å². The van der Waals surface area contributed by atoms with Gasteiger partial charge in [-0.3, -0.25) is 4.79 Å². The lowest BCUT2D eigenvalue weighted by Gasteiger charge is -2.56. The van der Waals surface area contributed by atoms with Crippen molar-refractivity contribution in [2.24, 2.45) is 17.8 Å². The zero-order chi connectivity index (χ0) is 22.0. The quantitative estimate of drug-likeness (QED) is 0.583. The fourth-order valence-corrected chi connectivity index (χ4v) is 6.06. The second-order valence-corrected chi connectivity index (χ2v) is 10.0. The second kappa shape index (κ2) is 8.89. The normalized spacial score (nSPS) is 28.3. The SMILES string of the molecule is CC(C)NC(=O)NCc1ccc(C(=O)OCC(=O)NC23CC4CC(CC(C4)C2)C3)cc1. The Kier molecular flexibility index (Phi) is 6.21. The maximum Gasteiger partial charge on any atom is 0.338 e. The monoisotopic (exact) mass is 427 g/mol. The van der Waals surface area contributed by atoms with Gasteiger partial charge in [-0.1, -0.05) is 12.1 Å². The third-order valence-corrected chi connectivity index (χ3v) is 6.84. The van der Waals surface area contributed by atoms with Crippen molar-refractivity contribution in [3.05, 3.63) is 35.4 Å². The van der Waals surface area contributed by atoms with Gasteiger partial charge in [-0.25, -0.2) is 9.59 Å². The molecule has 4 saturated carbocycles. The van der Waals surface area contributed by atoms with Crippen LogP contribution in [-0.2, 0) is 16.1 Å². The number of esters is 1. The largest absolute Gasteiger partial charge is 0.452 e. The van der Waals surface area contributed by atoms with Crippen molar-refractivity contribution < 1.29 is 19.1 Å². The fraction of sp³-hybridized carbons (Fsp3) is 0.625. The summed E-state index contributed by atoms with van der Waals surface area (Å²) in [6.07, 6.45) is 7.17. The molecule has 1 aromatic carbocycles. The van der Waals surface area contributed by atoms with Crippen LogP contribution in [0.15, 0.2) is 24.3 Å². The standard InChI is InChI=1S/C24H33N3O4/c1-15(2)26-23(30)25-13-16-3-5-20(6-4-16)22(29)31-14-21(28)27-24-10-17-7-18(11-24)9-19(8-17)12-24/h3-6,15,17-19H,7-14H2,1-2H3,(H,27,28)(H2,25,26,30). The van der Waals surface area contributed by atoms with Gasteiger partial charge < -0.3 is 20.7 Å². The van der Waals surface area contributed by atoms with Crippen LogP contribution < -0.4 is 16.0 Å². The minimum absolute atomic E-state index is 0.0669. The van der Waals surface area contributed by atoms with Gasteiger partial charge in [0.25, 0.3) is 5.91 Å². The zero-order valence-electron chi connectivity index (χ0n) is 18.4. The number of carbonyl (C=O) groups is 3. The predicted octanol–water partition coefficient (Wildman–Crippen LogP) is 3.14. The molecular weight excluding hydrogens is 394 g/mol. The summed E-state index contributed by atoms with van der Waals surface area (Å²) in [6.45, 7) is 3.90. The summed E-state index contributed by atoms with van der Waals surface area (Å²) in [5.41, 5.74) is 1.18. The molecule has 4 aliphatic carbocycles. The van der Waals surface area contributed by atoms with Gasteiger partial charge in [0.05, 0.1) is 5.56 Å².